The molecular weight excluding hydrogens is 258 g/mol. The number of carbonyl (C=O) groups excluding carboxylic acids is 2. The fourth-order valence-electron chi connectivity index (χ4n) is 1.37. The second-order valence-corrected chi connectivity index (χ2v) is 5.18. The van der Waals surface area contributed by atoms with Gasteiger partial charge in [0, 0.05) is 5.54 Å². The maximum atomic E-state index is 12.2. The predicted octanol–water partition coefficient (Wildman–Crippen LogP) is 2.66. The highest BCUT2D eigenvalue weighted by molar-refractivity contribution is 6.11. The van der Waals surface area contributed by atoms with Gasteiger partial charge in [-0.2, -0.15) is 4.90 Å². The van der Waals surface area contributed by atoms with Crippen LogP contribution in [0.25, 0.3) is 0 Å². The Kier molecular flexibility index (Phi) is 5.52. The van der Waals surface area contributed by atoms with Crippen molar-refractivity contribution in [2.45, 2.75) is 33.2 Å². The molecule has 0 bridgehead atoms. The molecule has 1 aromatic carbocycles. The number of rotatable bonds is 3. The Morgan fingerprint density at radius 2 is 1.80 bits per heavy atom. The molecule has 20 heavy (non-hydrogen) atoms. The van der Waals surface area contributed by atoms with Crippen LogP contribution in [-0.4, -0.2) is 24.3 Å². The van der Waals surface area contributed by atoms with Crippen LogP contribution >= 0.6 is 0 Å². The highest BCUT2D eigenvalue weighted by Gasteiger charge is 2.25. The van der Waals surface area contributed by atoms with E-state index in [-0.39, 0.29) is 12.1 Å². The highest BCUT2D eigenvalue weighted by atomic mass is 16.6. The topological polar surface area (TPSA) is 70.7 Å². The zero-order valence-electron chi connectivity index (χ0n) is 12.3. The number of hydrogen-bond acceptors (Lipinski definition) is 4. The lowest BCUT2D eigenvalue weighted by atomic mass is 10.1. The van der Waals surface area contributed by atoms with E-state index < -0.39 is 12.1 Å². The van der Waals surface area contributed by atoms with Gasteiger partial charge in [-0.1, -0.05) is 18.2 Å². The van der Waals surface area contributed by atoms with Gasteiger partial charge in [0.1, 0.15) is 0 Å². The van der Waals surface area contributed by atoms with E-state index in [4.69, 9.17) is 4.74 Å². The Hall–Kier alpha value is -2.08. The third kappa shape index (κ3) is 4.89. The van der Waals surface area contributed by atoms with E-state index in [2.05, 4.69) is 10.9 Å². The molecule has 0 saturated heterocycles. The van der Waals surface area contributed by atoms with E-state index >= 15 is 0 Å². The lowest BCUT2D eigenvalue weighted by Gasteiger charge is -2.25. The quantitative estimate of drug-likeness (QED) is 0.834. The van der Waals surface area contributed by atoms with E-state index in [1.54, 1.807) is 37.3 Å². The van der Waals surface area contributed by atoms with Gasteiger partial charge in [0.2, 0.25) is 0 Å². The lowest BCUT2D eigenvalue weighted by Crippen LogP contribution is -2.55. The van der Waals surface area contributed by atoms with E-state index in [1.165, 1.54) is 0 Å². The number of amides is 3. The minimum Gasteiger partial charge on any atom is -0.449 e. The summed E-state index contributed by atoms with van der Waals surface area (Å²) >= 11 is 0. The molecule has 0 saturated carbocycles. The van der Waals surface area contributed by atoms with Crippen LogP contribution in [-0.2, 0) is 4.74 Å². The molecule has 1 rings (SSSR count). The summed E-state index contributed by atoms with van der Waals surface area (Å²) in [6.07, 6.45) is -0.716. The molecule has 0 radical (unpaired) electrons. The maximum absolute atomic E-state index is 12.2. The largest absolute Gasteiger partial charge is 0.449 e. The zero-order valence-corrected chi connectivity index (χ0v) is 12.3. The normalized spacial score (nSPS) is 10.8. The van der Waals surface area contributed by atoms with Crippen LogP contribution in [0.2, 0.25) is 0 Å². The first-order chi connectivity index (χ1) is 9.35. The van der Waals surface area contributed by atoms with Gasteiger partial charge in [0.25, 0.3) is 0 Å². The molecule has 0 aliphatic heterocycles. The summed E-state index contributed by atoms with van der Waals surface area (Å²) in [4.78, 5) is 25.0. The fourth-order valence-corrected chi connectivity index (χ4v) is 1.37. The first kappa shape index (κ1) is 16.0. The van der Waals surface area contributed by atoms with Crippen molar-refractivity contribution in [2.75, 3.05) is 11.5 Å². The van der Waals surface area contributed by atoms with E-state index in [9.17, 15) is 9.59 Å². The number of hydrazine groups is 1. The molecule has 0 aliphatic rings. The monoisotopic (exact) mass is 279 g/mol. The standard InChI is InChI=1S/C14H21N3O3/c1-5-20-13(19)17(11-9-7-6-8-10-11)12(18)15-16-14(2,3)4/h6-10,16H,5H2,1-4H3,(H,15,18). The third-order valence-electron chi connectivity index (χ3n) is 2.21. The molecule has 0 aromatic heterocycles. The summed E-state index contributed by atoms with van der Waals surface area (Å²) in [7, 11) is 0. The number of benzene rings is 1. The first-order valence-corrected chi connectivity index (χ1v) is 6.44. The van der Waals surface area contributed by atoms with Crippen LogP contribution in [0.4, 0.5) is 15.3 Å². The lowest BCUT2D eigenvalue weighted by molar-refractivity contribution is 0.159. The third-order valence-corrected chi connectivity index (χ3v) is 2.21. The van der Waals surface area contributed by atoms with Crippen molar-refractivity contribution in [1.82, 2.24) is 10.9 Å². The minimum absolute atomic E-state index is 0.197. The predicted molar refractivity (Wildman–Crippen MR) is 77.4 cm³/mol. The molecule has 6 heteroatoms. The minimum atomic E-state index is -0.716. The van der Waals surface area contributed by atoms with Crippen molar-refractivity contribution >= 4 is 17.8 Å². The number of carbonyl (C=O) groups is 2. The number of para-hydroxylation sites is 1. The van der Waals surface area contributed by atoms with Gasteiger partial charge >= 0.3 is 12.1 Å². The van der Waals surface area contributed by atoms with Crippen molar-refractivity contribution in [3.63, 3.8) is 0 Å². The fraction of sp³-hybridized carbons (Fsp3) is 0.429. The molecule has 6 nitrogen and oxygen atoms in total. The van der Waals surface area contributed by atoms with Crippen LogP contribution in [0.1, 0.15) is 27.7 Å². The maximum Gasteiger partial charge on any atom is 0.422 e. The molecule has 2 N–H and O–H groups in total. The van der Waals surface area contributed by atoms with Crippen LogP contribution < -0.4 is 15.8 Å². The van der Waals surface area contributed by atoms with Gasteiger partial charge in [0.05, 0.1) is 12.3 Å². The van der Waals surface area contributed by atoms with Crippen molar-refractivity contribution in [1.29, 1.82) is 0 Å². The van der Waals surface area contributed by atoms with E-state index in [1.807, 2.05) is 20.8 Å². The van der Waals surface area contributed by atoms with Gasteiger partial charge in [-0.3, -0.25) is 5.43 Å². The molecule has 0 spiro atoms. The second kappa shape index (κ2) is 6.91. The molecular formula is C14H21N3O3. The van der Waals surface area contributed by atoms with Gasteiger partial charge in [-0.05, 0) is 39.8 Å². The average molecular weight is 279 g/mol. The SMILES string of the molecule is CCOC(=O)N(C(=O)NNC(C)(C)C)c1ccccc1. The van der Waals surface area contributed by atoms with Gasteiger partial charge in [-0.15, -0.1) is 0 Å². The summed E-state index contributed by atoms with van der Waals surface area (Å²) in [5, 5.41) is 0. The van der Waals surface area contributed by atoms with Crippen LogP contribution in [0.15, 0.2) is 30.3 Å². The number of imide groups is 1. The Morgan fingerprint density at radius 1 is 1.20 bits per heavy atom. The summed E-state index contributed by atoms with van der Waals surface area (Å²) in [6, 6.07) is 8.02. The molecule has 0 fully saturated rings. The van der Waals surface area contributed by atoms with Crippen LogP contribution in [0.3, 0.4) is 0 Å². The number of anilines is 1. The number of nitrogens with one attached hydrogen (secondary N) is 2. The number of hydrogen-bond donors (Lipinski definition) is 2. The molecule has 0 unspecified atom stereocenters. The van der Waals surface area contributed by atoms with Gasteiger partial charge < -0.3 is 4.74 Å². The Labute approximate surface area is 119 Å². The second-order valence-electron chi connectivity index (χ2n) is 5.18. The van der Waals surface area contributed by atoms with Crippen molar-refractivity contribution in [2.24, 2.45) is 0 Å². The number of nitrogens with zero attached hydrogens (tertiary/aromatic N) is 1. The van der Waals surface area contributed by atoms with Gasteiger partial charge in [-0.25, -0.2) is 15.0 Å². The Morgan fingerprint density at radius 3 is 2.30 bits per heavy atom. The number of ether oxygens (including phenoxy) is 1. The average Bonchev–Trinajstić information content (AvgIpc) is 2.37. The smallest absolute Gasteiger partial charge is 0.422 e. The zero-order chi connectivity index (χ0) is 15.2. The molecule has 110 valence electrons. The summed E-state index contributed by atoms with van der Waals surface area (Å²) in [5.74, 6) is 0. The molecule has 3 amide bonds. The number of urea groups is 1. The van der Waals surface area contributed by atoms with Crippen LogP contribution in [0.5, 0.6) is 0 Å². The first-order valence-electron chi connectivity index (χ1n) is 6.44. The van der Waals surface area contributed by atoms with Crippen molar-refractivity contribution in [3.05, 3.63) is 30.3 Å². The van der Waals surface area contributed by atoms with Crippen molar-refractivity contribution in [3.8, 4) is 0 Å². The Bertz CT molecular complexity index is 454. The van der Waals surface area contributed by atoms with Crippen LogP contribution in [0, 0.1) is 0 Å². The molecule has 0 atom stereocenters. The van der Waals surface area contributed by atoms with Gasteiger partial charge in [0.15, 0.2) is 0 Å². The summed E-state index contributed by atoms with van der Waals surface area (Å²) < 4.78 is 4.91. The van der Waals surface area contributed by atoms with E-state index in [0.717, 1.165) is 4.90 Å². The summed E-state index contributed by atoms with van der Waals surface area (Å²) in [6.45, 7) is 7.56. The molecule has 0 aliphatic carbocycles. The Balaban J connectivity index is 2.88. The summed E-state index contributed by atoms with van der Waals surface area (Å²) in [5.41, 5.74) is 5.45. The van der Waals surface area contributed by atoms with E-state index in [0.29, 0.717) is 5.69 Å². The van der Waals surface area contributed by atoms with Crippen molar-refractivity contribution < 1.29 is 14.3 Å². The highest BCUT2D eigenvalue weighted by Crippen LogP contribution is 2.14. The molecule has 0 heterocycles. The molecule has 1 aromatic rings.